The first kappa shape index (κ1) is 11.5. The number of hydrogen-bond acceptors (Lipinski definition) is 1. The van der Waals surface area contributed by atoms with Crippen molar-refractivity contribution in [3.63, 3.8) is 0 Å². The molecule has 1 fully saturated rings. The monoisotopic (exact) mass is 229 g/mol. The van der Waals surface area contributed by atoms with Crippen LogP contribution in [-0.4, -0.2) is 6.04 Å². The first-order valence-electron chi connectivity index (χ1n) is 5.18. The second-order valence-electron chi connectivity index (χ2n) is 4.91. The van der Waals surface area contributed by atoms with Crippen LogP contribution in [0, 0.1) is 5.41 Å². The summed E-state index contributed by atoms with van der Waals surface area (Å²) >= 11 is 0. The van der Waals surface area contributed by atoms with Gasteiger partial charge in [0.15, 0.2) is 0 Å². The van der Waals surface area contributed by atoms with Gasteiger partial charge in [-0.05, 0) is 17.0 Å². The third kappa shape index (κ3) is 1.61. The van der Waals surface area contributed by atoms with Crippen LogP contribution >= 0.6 is 0 Å². The second-order valence-corrected chi connectivity index (χ2v) is 4.91. The number of rotatable bonds is 1. The second kappa shape index (κ2) is 3.23. The molecule has 2 N–H and O–H groups in total. The highest BCUT2D eigenvalue weighted by Gasteiger charge is 2.57. The summed E-state index contributed by atoms with van der Waals surface area (Å²) in [6, 6.07) is 5.51. The molecule has 0 saturated heterocycles. The van der Waals surface area contributed by atoms with Crippen LogP contribution in [0.5, 0.6) is 0 Å². The van der Waals surface area contributed by atoms with Crippen LogP contribution in [0.4, 0.5) is 13.2 Å². The summed E-state index contributed by atoms with van der Waals surface area (Å²) in [6.45, 7) is 3.80. The largest absolute Gasteiger partial charge is 0.416 e. The molecule has 0 unspecified atom stereocenters. The van der Waals surface area contributed by atoms with E-state index in [9.17, 15) is 13.2 Å². The SMILES string of the molecule is CC1(C)[C@H](N)[C@H]1c1ccccc1C(F)(F)F. The third-order valence-electron chi connectivity index (χ3n) is 3.51. The van der Waals surface area contributed by atoms with Crippen molar-refractivity contribution in [2.75, 3.05) is 0 Å². The summed E-state index contributed by atoms with van der Waals surface area (Å²) in [5.74, 6) is -0.190. The normalized spacial score (nSPS) is 27.9. The predicted octanol–water partition coefficient (Wildman–Crippen LogP) is 3.16. The van der Waals surface area contributed by atoms with E-state index in [4.69, 9.17) is 5.73 Å². The summed E-state index contributed by atoms with van der Waals surface area (Å²) in [5.41, 5.74) is 5.36. The lowest BCUT2D eigenvalue weighted by Crippen LogP contribution is -2.10. The average molecular weight is 229 g/mol. The maximum atomic E-state index is 12.8. The van der Waals surface area contributed by atoms with Gasteiger partial charge in [0, 0.05) is 12.0 Å². The van der Waals surface area contributed by atoms with Gasteiger partial charge < -0.3 is 5.73 Å². The van der Waals surface area contributed by atoms with Gasteiger partial charge in [-0.3, -0.25) is 0 Å². The van der Waals surface area contributed by atoms with Crippen molar-refractivity contribution >= 4 is 0 Å². The molecule has 0 amide bonds. The minimum Gasteiger partial charge on any atom is -0.327 e. The lowest BCUT2D eigenvalue weighted by atomic mass is 9.98. The first-order valence-corrected chi connectivity index (χ1v) is 5.18. The Labute approximate surface area is 92.5 Å². The molecule has 1 aromatic rings. The molecule has 0 aliphatic heterocycles. The molecular weight excluding hydrogens is 215 g/mol. The van der Waals surface area contributed by atoms with Gasteiger partial charge >= 0.3 is 6.18 Å². The van der Waals surface area contributed by atoms with Crippen molar-refractivity contribution in [3.05, 3.63) is 35.4 Å². The number of halogens is 3. The van der Waals surface area contributed by atoms with Gasteiger partial charge in [-0.15, -0.1) is 0 Å². The molecule has 1 saturated carbocycles. The van der Waals surface area contributed by atoms with Gasteiger partial charge in [0.1, 0.15) is 0 Å². The summed E-state index contributed by atoms with van der Waals surface area (Å²) in [4.78, 5) is 0. The highest BCUT2D eigenvalue weighted by Crippen LogP contribution is 2.59. The van der Waals surface area contributed by atoms with E-state index in [1.54, 1.807) is 6.07 Å². The molecule has 1 aromatic carbocycles. The Hall–Kier alpha value is -1.03. The Bertz CT molecular complexity index is 409. The van der Waals surface area contributed by atoms with E-state index in [0.717, 1.165) is 6.07 Å². The molecule has 88 valence electrons. The molecule has 1 nitrogen and oxygen atoms in total. The number of benzene rings is 1. The number of nitrogens with two attached hydrogens (primary N) is 1. The van der Waals surface area contributed by atoms with Crippen molar-refractivity contribution in [1.29, 1.82) is 0 Å². The predicted molar refractivity (Wildman–Crippen MR) is 55.9 cm³/mol. The lowest BCUT2D eigenvalue weighted by Gasteiger charge is -2.13. The zero-order chi connectivity index (χ0) is 12.1. The highest BCUT2D eigenvalue weighted by atomic mass is 19.4. The van der Waals surface area contributed by atoms with Crippen molar-refractivity contribution in [2.24, 2.45) is 11.1 Å². The Morgan fingerprint density at radius 1 is 1.19 bits per heavy atom. The number of hydrogen-bond donors (Lipinski definition) is 1. The van der Waals surface area contributed by atoms with Gasteiger partial charge in [-0.2, -0.15) is 13.2 Å². The van der Waals surface area contributed by atoms with Crippen LogP contribution in [0.25, 0.3) is 0 Å². The van der Waals surface area contributed by atoms with Crippen LogP contribution in [-0.2, 0) is 6.18 Å². The molecule has 0 bridgehead atoms. The molecule has 1 aliphatic rings. The Kier molecular flexibility index (Phi) is 2.31. The molecule has 0 aromatic heterocycles. The van der Waals surface area contributed by atoms with Gasteiger partial charge in [-0.1, -0.05) is 32.0 Å². The smallest absolute Gasteiger partial charge is 0.327 e. The highest BCUT2D eigenvalue weighted by molar-refractivity contribution is 5.41. The summed E-state index contributed by atoms with van der Waals surface area (Å²) in [6.07, 6.45) is -4.30. The van der Waals surface area contributed by atoms with Crippen molar-refractivity contribution in [3.8, 4) is 0 Å². The Balaban J connectivity index is 2.44. The van der Waals surface area contributed by atoms with Crippen LogP contribution in [0.2, 0.25) is 0 Å². The van der Waals surface area contributed by atoms with E-state index in [0.29, 0.717) is 5.56 Å². The van der Waals surface area contributed by atoms with Gasteiger partial charge in [0.2, 0.25) is 0 Å². The van der Waals surface area contributed by atoms with E-state index in [-0.39, 0.29) is 17.4 Å². The van der Waals surface area contributed by atoms with E-state index in [1.165, 1.54) is 12.1 Å². The maximum absolute atomic E-state index is 12.8. The van der Waals surface area contributed by atoms with Gasteiger partial charge in [-0.25, -0.2) is 0 Å². The summed E-state index contributed by atoms with van der Waals surface area (Å²) in [5, 5.41) is 0. The fourth-order valence-corrected chi connectivity index (χ4v) is 2.30. The van der Waals surface area contributed by atoms with Gasteiger partial charge in [0.05, 0.1) is 5.56 Å². The van der Waals surface area contributed by atoms with Crippen molar-refractivity contribution < 1.29 is 13.2 Å². The Morgan fingerprint density at radius 3 is 2.12 bits per heavy atom. The lowest BCUT2D eigenvalue weighted by molar-refractivity contribution is -0.138. The summed E-state index contributed by atoms with van der Waals surface area (Å²) < 4.78 is 38.3. The van der Waals surface area contributed by atoms with Crippen molar-refractivity contribution in [2.45, 2.75) is 32.0 Å². The van der Waals surface area contributed by atoms with Crippen molar-refractivity contribution in [1.82, 2.24) is 0 Å². The van der Waals surface area contributed by atoms with E-state index in [2.05, 4.69) is 0 Å². The van der Waals surface area contributed by atoms with Crippen LogP contribution in [0.15, 0.2) is 24.3 Å². The fraction of sp³-hybridized carbons (Fsp3) is 0.500. The average Bonchev–Trinajstić information content (AvgIpc) is 2.65. The molecule has 2 rings (SSSR count). The maximum Gasteiger partial charge on any atom is 0.416 e. The van der Waals surface area contributed by atoms with Crippen LogP contribution in [0.1, 0.15) is 30.9 Å². The molecule has 2 atom stereocenters. The first-order chi connectivity index (χ1) is 7.26. The molecule has 16 heavy (non-hydrogen) atoms. The summed E-state index contributed by atoms with van der Waals surface area (Å²) in [7, 11) is 0. The van der Waals surface area contributed by atoms with E-state index >= 15 is 0 Å². The molecule has 4 heteroatoms. The zero-order valence-corrected chi connectivity index (χ0v) is 9.18. The van der Waals surface area contributed by atoms with E-state index < -0.39 is 11.7 Å². The standard InChI is InChI=1S/C12H14F3N/c1-11(2)9(10(11)16)7-5-3-4-6-8(7)12(13,14)15/h3-6,9-10H,16H2,1-2H3/t9-,10-/m1/s1. The quantitative estimate of drug-likeness (QED) is 0.786. The topological polar surface area (TPSA) is 26.0 Å². The zero-order valence-electron chi connectivity index (χ0n) is 9.18. The minimum absolute atomic E-state index is 0.184. The molecule has 0 radical (unpaired) electrons. The molecule has 1 aliphatic carbocycles. The Morgan fingerprint density at radius 2 is 1.69 bits per heavy atom. The fourth-order valence-electron chi connectivity index (χ4n) is 2.30. The molecule has 0 heterocycles. The minimum atomic E-state index is -4.30. The molecular formula is C12H14F3N. The molecule has 0 spiro atoms. The van der Waals surface area contributed by atoms with Gasteiger partial charge in [0.25, 0.3) is 0 Å². The van der Waals surface area contributed by atoms with E-state index in [1.807, 2.05) is 13.8 Å². The van der Waals surface area contributed by atoms with Crippen LogP contribution in [0.3, 0.4) is 0 Å². The van der Waals surface area contributed by atoms with Crippen LogP contribution < -0.4 is 5.73 Å². The third-order valence-corrected chi connectivity index (χ3v) is 3.51. The number of alkyl halides is 3.